The molecule has 0 radical (unpaired) electrons. The summed E-state index contributed by atoms with van der Waals surface area (Å²) in [5.41, 5.74) is 1.19. The van der Waals surface area contributed by atoms with Crippen LogP contribution in [0.4, 0.5) is 5.82 Å². The van der Waals surface area contributed by atoms with Gasteiger partial charge in [-0.1, -0.05) is 20.3 Å². The highest BCUT2D eigenvalue weighted by Gasteiger charge is 2.20. The summed E-state index contributed by atoms with van der Waals surface area (Å²) in [6.07, 6.45) is 3.24. The molecule has 2 N–H and O–H groups in total. The first-order valence-corrected chi connectivity index (χ1v) is 6.67. The van der Waals surface area contributed by atoms with Gasteiger partial charge in [-0.3, -0.25) is 0 Å². The Morgan fingerprint density at radius 2 is 2.47 bits per heavy atom. The number of fused-ring (bicyclic) bond motifs is 1. The standard InChI is InChI=1S/C13H23N3O/c1-3-4-10(2)12-7-13-14-8-11(5-6-17)9-16(13)15-12/h7,10-11,14,17H,3-6,8-9H2,1-2H3. The fraction of sp³-hybridized carbons (Fsp3) is 0.769. The summed E-state index contributed by atoms with van der Waals surface area (Å²) in [6.45, 7) is 6.60. The number of anilines is 1. The van der Waals surface area contributed by atoms with Gasteiger partial charge in [-0.15, -0.1) is 0 Å². The highest BCUT2D eigenvalue weighted by molar-refractivity contribution is 5.39. The predicted octanol–water partition coefficient (Wildman–Crippen LogP) is 2.21. The maximum absolute atomic E-state index is 8.97. The Kier molecular flexibility index (Phi) is 4.05. The van der Waals surface area contributed by atoms with Crippen LogP contribution >= 0.6 is 0 Å². The van der Waals surface area contributed by atoms with Crippen molar-refractivity contribution in [3.8, 4) is 0 Å². The summed E-state index contributed by atoms with van der Waals surface area (Å²) in [5, 5.41) is 17.1. The first kappa shape index (κ1) is 12.4. The van der Waals surface area contributed by atoms with E-state index in [0.717, 1.165) is 25.3 Å². The van der Waals surface area contributed by atoms with Gasteiger partial charge in [0.15, 0.2) is 0 Å². The zero-order valence-corrected chi connectivity index (χ0v) is 10.8. The highest BCUT2D eigenvalue weighted by atomic mass is 16.3. The molecule has 0 spiro atoms. The third-order valence-electron chi connectivity index (χ3n) is 3.57. The fourth-order valence-electron chi connectivity index (χ4n) is 2.47. The SMILES string of the molecule is CCCC(C)c1cc2n(n1)CC(CCO)CN2. The van der Waals surface area contributed by atoms with Gasteiger partial charge in [0.05, 0.1) is 5.69 Å². The average Bonchev–Trinajstić information content (AvgIpc) is 2.73. The lowest BCUT2D eigenvalue weighted by Gasteiger charge is -2.24. The second-order valence-electron chi connectivity index (χ2n) is 5.09. The van der Waals surface area contributed by atoms with E-state index in [0.29, 0.717) is 11.8 Å². The number of hydrogen-bond donors (Lipinski definition) is 2. The van der Waals surface area contributed by atoms with E-state index < -0.39 is 0 Å². The molecule has 0 bridgehead atoms. The minimum Gasteiger partial charge on any atom is -0.396 e. The molecule has 0 amide bonds. The molecule has 2 atom stereocenters. The van der Waals surface area contributed by atoms with Gasteiger partial charge >= 0.3 is 0 Å². The van der Waals surface area contributed by atoms with Gasteiger partial charge in [-0.2, -0.15) is 5.10 Å². The van der Waals surface area contributed by atoms with Crippen molar-refractivity contribution < 1.29 is 5.11 Å². The van der Waals surface area contributed by atoms with Crippen molar-refractivity contribution in [3.05, 3.63) is 11.8 Å². The van der Waals surface area contributed by atoms with Gasteiger partial charge in [0.2, 0.25) is 0 Å². The normalized spacial score (nSPS) is 20.8. The molecule has 0 aliphatic carbocycles. The van der Waals surface area contributed by atoms with Crippen LogP contribution in [-0.4, -0.2) is 28.0 Å². The van der Waals surface area contributed by atoms with Crippen LogP contribution in [0, 0.1) is 5.92 Å². The molecular weight excluding hydrogens is 214 g/mol. The second-order valence-corrected chi connectivity index (χ2v) is 5.09. The zero-order valence-electron chi connectivity index (χ0n) is 10.8. The lowest BCUT2D eigenvalue weighted by Crippen LogP contribution is -2.28. The average molecular weight is 237 g/mol. The smallest absolute Gasteiger partial charge is 0.124 e. The Balaban J connectivity index is 2.06. The van der Waals surface area contributed by atoms with Gasteiger partial charge in [-0.25, -0.2) is 4.68 Å². The summed E-state index contributed by atoms with van der Waals surface area (Å²) >= 11 is 0. The van der Waals surface area contributed by atoms with E-state index in [1.807, 2.05) is 0 Å². The number of nitrogens with one attached hydrogen (secondary N) is 1. The number of nitrogens with zero attached hydrogens (tertiary/aromatic N) is 2. The maximum atomic E-state index is 8.97. The molecule has 1 aromatic rings. The molecule has 0 saturated carbocycles. The molecule has 4 nitrogen and oxygen atoms in total. The lowest BCUT2D eigenvalue weighted by molar-refractivity contribution is 0.244. The Morgan fingerprint density at radius 3 is 3.18 bits per heavy atom. The van der Waals surface area contributed by atoms with Crippen LogP contribution in [-0.2, 0) is 6.54 Å². The van der Waals surface area contributed by atoms with Crippen LogP contribution in [0.15, 0.2) is 6.07 Å². The molecule has 4 heteroatoms. The van der Waals surface area contributed by atoms with Crippen LogP contribution in [0.25, 0.3) is 0 Å². The first-order valence-electron chi connectivity index (χ1n) is 6.67. The molecule has 0 saturated heterocycles. The van der Waals surface area contributed by atoms with Crippen molar-refractivity contribution >= 4 is 5.82 Å². The monoisotopic (exact) mass is 237 g/mol. The molecule has 2 rings (SSSR count). The molecule has 1 aliphatic rings. The molecule has 96 valence electrons. The van der Waals surface area contributed by atoms with Crippen molar-refractivity contribution in [2.45, 2.75) is 45.6 Å². The molecule has 0 aromatic carbocycles. The molecular formula is C13H23N3O. The quantitative estimate of drug-likeness (QED) is 0.825. The highest BCUT2D eigenvalue weighted by Crippen LogP contribution is 2.26. The van der Waals surface area contributed by atoms with E-state index >= 15 is 0 Å². The fourth-order valence-corrected chi connectivity index (χ4v) is 2.47. The summed E-state index contributed by atoms with van der Waals surface area (Å²) in [7, 11) is 0. The van der Waals surface area contributed by atoms with E-state index in [2.05, 4.69) is 35.0 Å². The van der Waals surface area contributed by atoms with Gasteiger partial charge in [-0.05, 0) is 18.8 Å². The Morgan fingerprint density at radius 1 is 1.65 bits per heavy atom. The largest absolute Gasteiger partial charge is 0.396 e. The van der Waals surface area contributed by atoms with Gasteiger partial charge in [0.1, 0.15) is 5.82 Å². The maximum Gasteiger partial charge on any atom is 0.124 e. The number of rotatable bonds is 5. The van der Waals surface area contributed by atoms with Crippen LogP contribution in [0.2, 0.25) is 0 Å². The minimum absolute atomic E-state index is 0.266. The minimum atomic E-state index is 0.266. The summed E-state index contributed by atoms with van der Waals surface area (Å²) in [4.78, 5) is 0. The Labute approximate surface area is 103 Å². The number of hydrogen-bond acceptors (Lipinski definition) is 3. The van der Waals surface area contributed by atoms with Gasteiger partial charge in [0, 0.05) is 31.7 Å². The van der Waals surface area contributed by atoms with Crippen LogP contribution in [0.1, 0.15) is 44.7 Å². The van der Waals surface area contributed by atoms with Gasteiger partial charge < -0.3 is 10.4 Å². The Bertz CT molecular complexity index is 362. The first-order chi connectivity index (χ1) is 8.24. The summed E-state index contributed by atoms with van der Waals surface area (Å²) < 4.78 is 2.06. The van der Waals surface area contributed by atoms with E-state index in [9.17, 15) is 0 Å². The molecule has 2 unspecified atom stereocenters. The topological polar surface area (TPSA) is 50.1 Å². The van der Waals surface area contributed by atoms with E-state index in [1.165, 1.54) is 18.5 Å². The zero-order chi connectivity index (χ0) is 12.3. The van der Waals surface area contributed by atoms with Crippen LogP contribution in [0.3, 0.4) is 0 Å². The van der Waals surface area contributed by atoms with Crippen molar-refractivity contribution in [1.29, 1.82) is 0 Å². The molecule has 1 aromatic heterocycles. The third kappa shape index (κ3) is 2.80. The van der Waals surface area contributed by atoms with Crippen molar-refractivity contribution in [2.24, 2.45) is 5.92 Å². The second kappa shape index (κ2) is 5.54. The number of aliphatic hydroxyl groups excluding tert-OH is 1. The van der Waals surface area contributed by atoms with E-state index in [4.69, 9.17) is 5.11 Å². The van der Waals surface area contributed by atoms with Crippen LogP contribution < -0.4 is 5.32 Å². The van der Waals surface area contributed by atoms with Crippen molar-refractivity contribution in [2.75, 3.05) is 18.5 Å². The van der Waals surface area contributed by atoms with E-state index in [-0.39, 0.29) is 6.61 Å². The molecule has 2 heterocycles. The van der Waals surface area contributed by atoms with Gasteiger partial charge in [0.25, 0.3) is 0 Å². The summed E-state index contributed by atoms with van der Waals surface area (Å²) in [5.74, 6) is 2.18. The van der Waals surface area contributed by atoms with Crippen molar-refractivity contribution in [3.63, 3.8) is 0 Å². The molecule has 1 aliphatic heterocycles. The van der Waals surface area contributed by atoms with Crippen LogP contribution in [0.5, 0.6) is 0 Å². The summed E-state index contributed by atoms with van der Waals surface area (Å²) in [6, 6.07) is 2.18. The van der Waals surface area contributed by atoms with Crippen molar-refractivity contribution in [1.82, 2.24) is 9.78 Å². The molecule has 17 heavy (non-hydrogen) atoms. The molecule has 0 fully saturated rings. The number of aliphatic hydroxyl groups is 1. The Hall–Kier alpha value is -1.03. The predicted molar refractivity (Wildman–Crippen MR) is 69.2 cm³/mol. The number of aromatic nitrogens is 2. The lowest BCUT2D eigenvalue weighted by atomic mass is 10.0. The van der Waals surface area contributed by atoms with E-state index in [1.54, 1.807) is 0 Å². The third-order valence-corrected chi connectivity index (χ3v) is 3.57.